The molecule has 0 bridgehead atoms. The van der Waals surface area contributed by atoms with Gasteiger partial charge >= 0.3 is 5.97 Å². The fourth-order valence-corrected chi connectivity index (χ4v) is 2.87. The molecule has 23 heavy (non-hydrogen) atoms. The minimum atomic E-state index is -0.958. The van der Waals surface area contributed by atoms with E-state index in [2.05, 4.69) is 0 Å². The zero-order valence-electron chi connectivity index (χ0n) is 12.1. The Bertz CT molecular complexity index is 771. The molecule has 0 spiro atoms. The van der Waals surface area contributed by atoms with Crippen LogP contribution >= 0.6 is 22.9 Å². The van der Waals surface area contributed by atoms with Crippen LogP contribution in [0.25, 0.3) is 0 Å². The van der Waals surface area contributed by atoms with Crippen LogP contribution in [0.2, 0.25) is 5.02 Å². The molecule has 8 heteroatoms. The Kier molecular flexibility index (Phi) is 5.46. The molecule has 1 aromatic heterocycles. The Labute approximate surface area is 140 Å². The second-order valence-corrected chi connectivity index (χ2v) is 6.14. The molecule has 0 aliphatic rings. The second-order valence-electron chi connectivity index (χ2n) is 4.54. The number of Topliss-reactive ketones (excluding diaryl/α,β-unsaturated/α-hetero) is 1. The zero-order valence-corrected chi connectivity index (χ0v) is 13.6. The maximum atomic E-state index is 12.0. The molecule has 0 aliphatic carbocycles. The Morgan fingerprint density at radius 3 is 2.65 bits per heavy atom. The third kappa shape index (κ3) is 4.14. The van der Waals surface area contributed by atoms with Crippen molar-refractivity contribution in [3.8, 4) is 0 Å². The number of hydrogen-bond acceptors (Lipinski definition) is 6. The summed E-state index contributed by atoms with van der Waals surface area (Å²) in [7, 11) is 0. The van der Waals surface area contributed by atoms with E-state index in [1.165, 1.54) is 17.4 Å². The summed E-state index contributed by atoms with van der Waals surface area (Å²) in [5.74, 6) is -1.31. The molecule has 0 fully saturated rings. The monoisotopic (exact) mass is 353 g/mol. The Hall–Kier alpha value is -2.25. The molecule has 6 nitrogen and oxygen atoms in total. The number of carbonyl (C=O) groups excluding carboxylic acids is 2. The van der Waals surface area contributed by atoms with Gasteiger partial charge in [-0.05, 0) is 30.7 Å². The van der Waals surface area contributed by atoms with Crippen molar-refractivity contribution in [2.24, 2.45) is 0 Å². The average molecular weight is 354 g/mol. The molecule has 2 rings (SSSR count). The fraction of sp³-hybridized carbons (Fsp3) is 0.200. The van der Waals surface area contributed by atoms with Gasteiger partial charge in [-0.1, -0.05) is 18.5 Å². The first kappa shape index (κ1) is 17.1. The minimum absolute atomic E-state index is 0.166. The summed E-state index contributed by atoms with van der Waals surface area (Å²) in [6.07, 6.45) is 0.812. The molecule has 0 amide bonds. The van der Waals surface area contributed by atoms with E-state index >= 15 is 0 Å². The van der Waals surface area contributed by atoms with Gasteiger partial charge < -0.3 is 4.74 Å². The van der Waals surface area contributed by atoms with Gasteiger partial charge in [-0.25, -0.2) is 4.79 Å². The van der Waals surface area contributed by atoms with Crippen molar-refractivity contribution in [3.63, 3.8) is 0 Å². The number of ether oxygens (including phenoxy) is 1. The lowest BCUT2D eigenvalue weighted by molar-refractivity contribution is -0.385. The second kappa shape index (κ2) is 7.34. The number of thiophene rings is 1. The highest BCUT2D eigenvalue weighted by atomic mass is 35.5. The highest BCUT2D eigenvalue weighted by Crippen LogP contribution is 2.24. The molecule has 0 unspecified atom stereocenters. The van der Waals surface area contributed by atoms with Crippen LogP contribution in [0.4, 0.5) is 5.69 Å². The van der Waals surface area contributed by atoms with E-state index in [9.17, 15) is 19.7 Å². The van der Waals surface area contributed by atoms with Crippen LogP contribution in [-0.2, 0) is 11.2 Å². The zero-order chi connectivity index (χ0) is 17.0. The molecule has 1 heterocycles. The number of nitro benzene ring substituents is 1. The molecule has 1 aromatic carbocycles. The van der Waals surface area contributed by atoms with E-state index in [0.717, 1.165) is 23.4 Å². The molecule has 120 valence electrons. The third-order valence-electron chi connectivity index (χ3n) is 2.99. The molecule has 0 saturated heterocycles. The summed E-state index contributed by atoms with van der Waals surface area (Å²) < 4.78 is 4.89. The summed E-state index contributed by atoms with van der Waals surface area (Å²) >= 11 is 7.08. The summed E-state index contributed by atoms with van der Waals surface area (Å²) in [4.78, 5) is 35.7. The lowest BCUT2D eigenvalue weighted by atomic mass is 10.2. The molecule has 0 N–H and O–H groups in total. The quantitative estimate of drug-likeness (QED) is 0.340. The van der Waals surface area contributed by atoms with Gasteiger partial charge in [-0.2, -0.15) is 0 Å². The van der Waals surface area contributed by atoms with Gasteiger partial charge in [0.25, 0.3) is 5.69 Å². The van der Waals surface area contributed by atoms with Crippen LogP contribution in [0.15, 0.2) is 30.3 Å². The van der Waals surface area contributed by atoms with E-state index in [1.54, 1.807) is 6.07 Å². The molecule has 0 atom stereocenters. The van der Waals surface area contributed by atoms with Gasteiger partial charge in [0.05, 0.1) is 9.80 Å². The lowest BCUT2D eigenvalue weighted by Crippen LogP contribution is -2.14. The number of benzene rings is 1. The normalized spacial score (nSPS) is 10.3. The predicted octanol–water partition coefficient (Wildman–Crippen LogP) is 3.91. The molecular weight excluding hydrogens is 342 g/mol. The van der Waals surface area contributed by atoms with Crippen LogP contribution in [0, 0.1) is 10.1 Å². The van der Waals surface area contributed by atoms with E-state index in [-0.39, 0.29) is 16.4 Å². The summed E-state index contributed by atoms with van der Waals surface area (Å²) in [6.45, 7) is 1.49. The van der Waals surface area contributed by atoms with Gasteiger partial charge in [0.1, 0.15) is 5.56 Å². The Morgan fingerprint density at radius 2 is 2.04 bits per heavy atom. The number of esters is 1. The number of aryl methyl sites for hydroxylation is 1. The first-order valence-corrected chi connectivity index (χ1v) is 7.84. The van der Waals surface area contributed by atoms with Gasteiger partial charge in [0.2, 0.25) is 5.78 Å². The van der Waals surface area contributed by atoms with Crippen LogP contribution in [-0.4, -0.2) is 23.3 Å². The van der Waals surface area contributed by atoms with Gasteiger partial charge in [0.15, 0.2) is 6.61 Å². The number of hydrogen-bond donors (Lipinski definition) is 0. The smallest absolute Gasteiger partial charge is 0.345 e. The summed E-state index contributed by atoms with van der Waals surface area (Å²) in [5.41, 5.74) is -0.702. The maximum absolute atomic E-state index is 12.0. The maximum Gasteiger partial charge on any atom is 0.345 e. The van der Waals surface area contributed by atoms with E-state index < -0.39 is 23.2 Å². The number of rotatable bonds is 6. The minimum Gasteiger partial charge on any atom is -0.453 e. The van der Waals surface area contributed by atoms with Crippen molar-refractivity contribution >= 4 is 40.4 Å². The molecule has 0 aliphatic heterocycles. The largest absolute Gasteiger partial charge is 0.453 e. The fourth-order valence-electron chi connectivity index (χ4n) is 1.83. The average Bonchev–Trinajstić information content (AvgIpc) is 3.01. The van der Waals surface area contributed by atoms with Crippen molar-refractivity contribution < 1.29 is 19.2 Å². The number of halogens is 1. The molecule has 0 radical (unpaired) electrons. The van der Waals surface area contributed by atoms with Gasteiger partial charge in [-0.15, -0.1) is 11.3 Å². The lowest BCUT2D eigenvalue weighted by Gasteiger charge is -2.04. The van der Waals surface area contributed by atoms with Crippen molar-refractivity contribution in [1.82, 2.24) is 0 Å². The number of carbonyl (C=O) groups is 2. The Morgan fingerprint density at radius 1 is 1.30 bits per heavy atom. The highest BCUT2D eigenvalue weighted by molar-refractivity contribution is 7.14. The van der Waals surface area contributed by atoms with E-state index in [4.69, 9.17) is 16.3 Å². The molecule has 2 aromatic rings. The predicted molar refractivity (Wildman–Crippen MR) is 86.4 cm³/mol. The molecular formula is C15H12ClNO5S. The van der Waals surface area contributed by atoms with Crippen LogP contribution in [0.5, 0.6) is 0 Å². The third-order valence-corrected chi connectivity index (χ3v) is 4.50. The number of nitrogens with zero attached hydrogens (tertiary/aromatic N) is 1. The standard InChI is InChI=1S/C15H12ClNO5S/c1-2-10-4-6-14(23-10)13(18)8-22-15(19)11-7-9(16)3-5-12(11)17(20)21/h3-7H,2,8H2,1H3. The van der Waals surface area contributed by atoms with Gasteiger partial charge in [0, 0.05) is 16.0 Å². The van der Waals surface area contributed by atoms with Crippen molar-refractivity contribution in [2.45, 2.75) is 13.3 Å². The Balaban J connectivity index is 2.09. The van der Waals surface area contributed by atoms with Crippen LogP contribution in [0.3, 0.4) is 0 Å². The topological polar surface area (TPSA) is 86.5 Å². The first-order chi connectivity index (χ1) is 10.9. The molecule has 0 saturated carbocycles. The van der Waals surface area contributed by atoms with Crippen LogP contribution < -0.4 is 0 Å². The summed E-state index contributed by atoms with van der Waals surface area (Å²) in [6, 6.07) is 7.07. The number of ketones is 1. The van der Waals surface area contributed by atoms with Crippen molar-refractivity contribution in [2.75, 3.05) is 6.61 Å². The van der Waals surface area contributed by atoms with Crippen molar-refractivity contribution in [3.05, 3.63) is 60.8 Å². The highest BCUT2D eigenvalue weighted by Gasteiger charge is 2.23. The number of nitro groups is 1. The first-order valence-electron chi connectivity index (χ1n) is 6.65. The van der Waals surface area contributed by atoms with Gasteiger partial charge in [-0.3, -0.25) is 14.9 Å². The SMILES string of the molecule is CCc1ccc(C(=O)COC(=O)c2cc(Cl)ccc2[N+](=O)[O-])s1. The van der Waals surface area contributed by atoms with E-state index in [1.807, 2.05) is 13.0 Å². The summed E-state index contributed by atoms with van der Waals surface area (Å²) in [5, 5.41) is 11.1. The van der Waals surface area contributed by atoms with Crippen molar-refractivity contribution in [1.29, 1.82) is 0 Å². The van der Waals surface area contributed by atoms with E-state index in [0.29, 0.717) is 4.88 Å². The van der Waals surface area contributed by atoms with Crippen LogP contribution in [0.1, 0.15) is 31.8 Å².